The summed E-state index contributed by atoms with van der Waals surface area (Å²) in [6.45, 7) is 4.76. The molecule has 1 aromatic heterocycles. The van der Waals surface area contributed by atoms with Crippen molar-refractivity contribution >= 4 is 17.7 Å². The Morgan fingerprint density at radius 2 is 1.79 bits per heavy atom. The van der Waals surface area contributed by atoms with Crippen molar-refractivity contribution in [2.45, 2.75) is 25.9 Å². The summed E-state index contributed by atoms with van der Waals surface area (Å²) < 4.78 is 14.7. The van der Waals surface area contributed by atoms with E-state index < -0.39 is 5.91 Å². The second-order valence-electron chi connectivity index (χ2n) is 8.53. The van der Waals surface area contributed by atoms with Crippen LogP contribution in [0.15, 0.2) is 30.3 Å². The Labute approximate surface area is 192 Å². The number of aryl methyl sites for hydroxylation is 1. The summed E-state index contributed by atoms with van der Waals surface area (Å²) in [6, 6.07) is 7.57. The van der Waals surface area contributed by atoms with E-state index >= 15 is 0 Å². The van der Waals surface area contributed by atoms with Gasteiger partial charge in [-0.2, -0.15) is 5.10 Å². The van der Waals surface area contributed by atoms with Crippen LogP contribution in [0.25, 0.3) is 0 Å². The average molecular weight is 457 g/mol. The number of halogens is 1. The average Bonchev–Trinajstić information content (AvgIpc) is 3.18. The highest BCUT2D eigenvalue weighted by Gasteiger charge is 2.26. The van der Waals surface area contributed by atoms with E-state index in [2.05, 4.69) is 15.3 Å². The van der Waals surface area contributed by atoms with Crippen molar-refractivity contribution < 1.29 is 18.8 Å². The van der Waals surface area contributed by atoms with Gasteiger partial charge < -0.3 is 20.0 Å². The van der Waals surface area contributed by atoms with Gasteiger partial charge in [0.25, 0.3) is 11.8 Å². The standard InChI is InChI=1S/C23H29FN6O3/c1-27-11-13-28(14-12-27)21(31)7-8-25-22(32)19-15-20-23(33)29(9-2-10-30(20)26-19)16-17-3-5-18(24)6-4-17/h3-6,15H,2,7-14,16H2,1H3,(H,25,32). The zero-order valence-corrected chi connectivity index (χ0v) is 18.8. The summed E-state index contributed by atoms with van der Waals surface area (Å²) in [6.07, 6.45) is 0.926. The highest BCUT2D eigenvalue weighted by atomic mass is 19.1. The normalized spacial score (nSPS) is 17.0. The maximum Gasteiger partial charge on any atom is 0.272 e. The Hall–Kier alpha value is -3.27. The molecule has 0 atom stereocenters. The van der Waals surface area contributed by atoms with Crippen LogP contribution in [0.5, 0.6) is 0 Å². The zero-order valence-electron chi connectivity index (χ0n) is 18.8. The number of amides is 3. The summed E-state index contributed by atoms with van der Waals surface area (Å²) >= 11 is 0. The minimum absolute atomic E-state index is 0.0237. The van der Waals surface area contributed by atoms with Crippen LogP contribution in [-0.2, 0) is 17.9 Å². The fraction of sp³-hybridized carbons (Fsp3) is 0.478. The molecule has 0 bridgehead atoms. The van der Waals surface area contributed by atoms with Crippen LogP contribution in [0.3, 0.4) is 0 Å². The van der Waals surface area contributed by atoms with Gasteiger partial charge in [0.2, 0.25) is 5.91 Å². The van der Waals surface area contributed by atoms with Crippen molar-refractivity contribution in [3.05, 3.63) is 53.1 Å². The number of hydrogen-bond donors (Lipinski definition) is 1. The smallest absolute Gasteiger partial charge is 0.272 e. The van der Waals surface area contributed by atoms with Gasteiger partial charge >= 0.3 is 0 Å². The van der Waals surface area contributed by atoms with Crippen molar-refractivity contribution in [1.29, 1.82) is 0 Å². The van der Waals surface area contributed by atoms with E-state index in [0.717, 1.165) is 18.7 Å². The molecule has 1 aromatic carbocycles. The molecule has 2 aliphatic rings. The number of rotatable bonds is 6. The molecular weight excluding hydrogens is 427 g/mol. The molecule has 10 heteroatoms. The van der Waals surface area contributed by atoms with Crippen LogP contribution < -0.4 is 5.32 Å². The summed E-state index contributed by atoms with van der Waals surface area (Å²) in [5, 5.41) is 7.06. The molecule has 0 spiro atoms. The van der Waals surface area contributed by atoms with Gasteiger partial charge in [-0.15, -0.1) is 0 Å². The molecule has 9 nitrogen and oxygen atoms in total. The van der Waals surface area contributed by atoms with Gasteiger partial charge in [0, 0.05) is 64.8 Å². The maximum atomic E-state index is 13.2. The first-order chi connectivity index (χ1) is 15.9. The molecule has 0 aliphatic carbocycles. The quantitative estimate of drug-likeness (QED) is 0.699. The molecular formula is C23H29FN6O3. The molecule has 3 amide bonds. The molecule has 2 aromatic rings. The van der Waals surface area contributed by atoms with E-state index in [1.807, 2.05) is 11.9 Å². The van der Waals surface area contributed by atoms with E-state index in [4.69, 9.17) is 0 Å². The predicted molar refractivity (Wildman–Crippen MR) is 119 cm³/mol. The third-order valence-corrected chi connectivity index (χ3v) is 6.08. The number of benzene rings is 1. The van der Waals surface area contributed by atoms with E-state index in [1.165, 1.54) is 18.2 Å². The number of carbonyl (C=O) groups excluding carboxylic acids is 3. The minimum atomic E-state index is -0.403. The van der Waals surface area contributed by atoms with E-state index in [9.17, 15) is 18.8 Å². The van der Waals surface area contributed by atoms with Crippen molar-refractivity contribution in [3.63, 3.8) is 0 Å². The molecule has 2 aliphatic heterocycles. The molecule has 33 heavy (non-hydrogen) atoms. The van der Waals surface area contributed by atoms with Gasteiger partial charge in [-0.25, -0.2) is 4.39 Å². The number of hydrogen-bond acceptors (Lipinski definition) is 5. The van der Waals surface area contributed by atoms with Crippen LogP contribution in [0.4, 0.5) is 4.39 Å². The molecule has 1 N–H and O–H groups in total. The van der Waals surface area contributed by atoms with Gasteiger partial charge in [0.1, 0.15) is 11.5 Å². The number of carbonyl (C=O) groups is 3. The van der Waals surface area contributed by atoms with Gasteiger partial charge in [0.15, 0.2) is 5.69 Å². The second-order valence-corrected chi connectivity index (χ2v) is 8.53. The van der Waals surface area contributed by atoms with Crippen LogP contribution in [0, 0.1) is 5.82 Å². The van der Waals surface area contributed by atoms with E-state index in [1.54, 1.807) is 21.7 Å². The predicted octanol–water partition coefficient (Wildman–Crippen LogP) is 0.962. The van der Waals surface area contributed by atoms with Crippen molar-refractivity contribution in [3.8, 4) is 0 Å². The van der Waals surface area contributed by atoms with Crippen LogP contribution in [0.2, 0.25) is 0 Å². The van der Waals surface area contributed by atoms with Crippen molar-refractivity contribution in [2.24, 2.45) is 0 Å². The Morgan fingerprint density at radius 1 is 1.06 bits per heavy atom. The number of likely N-dealkylation sites (N-methyl/N-ethyl adjacent to an activating group) is 1. The van der Waals surface area contributed by atoms with Crippen molar-refractivity contribution in [2.75, 3.05) is 46.3 Å². The van der Waals surface area contributed by atoms with Crippen LogP contribution in [0.1, 0.15) is 39.4 Å². The lowest BCUT2D eigenvalue weighted by Gasteiger charge is -2.32. The second kappa shape index (κ2) is 10.1. The van der Waals surface area contributed by atoms with Gasteiger partial charge in [-0.05, 0) is 31.2 Å². The molecule has 0 unspecified atom stereocenters. The number of fused-ring (bicyclic) bond motifs is 1. The Balaban J connectivity index is 1.33. The number of aromatic nitrogens is 2. The first-order valence-electron chi connectivity index (χ1n) is 11.3. The highest BCUT2D eigenvalue weighted by molar-refractivity contribution is 5.98. The van der Waals surface area contributed by atoms with Gasteiger partial charge in [-0.1, -0.05) is 12.1 Å². The number of piperazine rings is 1. The number of nitrogens with zero attached hydrogens (tertiary/aromatic N) is 5. The van der Waals surface area contributed by atoms with Gasteiger partial charge in [-0.3, -0.25) is 19.1 Å². The fourth-order valence-electron chi connectivity index (χ4n) is 4.09. The molecule has 4 rings (SSSR count). The maximum absolute atomic E-state index is 13.2. The first kappa shape index (κ1) is 22.9. The Morgan fingerprint density at radius 3 is 2.52 bits per heavy atom. The summed E-state index contributed by atoms with van der Waals surface area (Å²) in [5.41, 5.74) is 1.35. The minimum Gasteiger partial charge on any atom is -0.350 e. The van der Waals surface area contributed by atoms with Crippen molar-refractivity contribution in [1.82, 2.24) is 29.8 Å². The molecule has 1 saturated heterocycles. The summed E-state index contributed by atoms with van der Waals surface area (Å²) in [5.74, 6) is -0.913. The highest BCUT2D eigenvalue weighted by Crippen LogP contribution is 2.17. The molecule has 0 saturated carbocycles. The topological polar surface area (TPSA) is 90.8 Å². The molecule has 0 radical (unpaired) electrons. The molecule has 176 valence electrons. The lowest BCUT2D eigenvalue weighted by Crippen LogP contribution is -2.47. The van der Waals surface area contributed by atoms with E-state index in [-0.39, 0.29) is 36.3 Å². The van der Waals surface area contributed by atoms with Gasteiger partial charge in [0.05, 0.1) is 0 Å². The zero-order chi connectivity index (χ0) is 23.4. The monoisotopic (exact) mass is 456 g/mol. The lowest BCUT2D eigenvalue weighted by molar-refractivity contribution is -0.132. The first-order valence-corrected chi connectivity index (χ1v) is 11.3. The Kier molecular flexibility index (Phi) is 7.02. The van der Waals surface area contributed by atoms with Crippen LogP contribution >= 0.6 is 0 Å². The Bertz CT molecular complexity index is 1010. The largest absolute Gasteiger partial charge is 0.350 e. The van der Waals surface area contributed by atoms with E-state index in [0.29, 0.717) is 44.8 Å². The molecule has 3 heterocycles. The molecule has 1 fully saturated rings. The SMILES string of the molecule is CN1CCN(C(=O)CCNC(=O)c2cc3n(n2)CCCN(Cc2ccc(F)cc2)C3=O)CC1. The number of nitrogens with one attached hydrogen (secondary N) is 1. The summed E-state index contributed by atoms with van der Waals surface area (Å²) in [4.78, 5) is 43.6. The fourth-order valence-corrected chi connectivity index (χ4v) is 4.09. The third-order valence-electron chi connectivity index (χ3n) is 6.08. The summed E-state index contributed by atoms with van der Waals surface area (Å²) in [7, 11) is 2.03. The third kappa shape index (κ3) is 5.57. The lowest BCUT2D eigenvalue weighted by atomic mass is 10.2. The van der Waals surface area contributed by atoms with Crippen LogP contribution in [-0.4, -0.2) is 88.5 Å².